The molecule has 3 rings (SSSR count). The Morgan fingerprint density at radius 3 is 2.82 bits per heavy atom. The number of carbonyl (C=O) groups excluding carboxylic acids is 1. The number of aryl methyl sites for hydroxylation is 2. The van der Waals surface area contributed by atoms with E-state index in [0.29, 0.717) is 43.3 Å². The van der Waals surface area contributed by atoms with Gasteiger partial charge in [0, 0.05) is 38.2 Å². The van der Waals surface area contributed by atoms with Crippen LogP contribution < -0.4 is 10.3 Å². The highest BCUT2D eigenvalue weighted by molar-refractivity contribution is 7.99. The molecule has 3 aromatic rings. The number of amides is 1. The standard InChI is InChI=1S/C24H31N3O4S2/c1-6-31-12-8-11-27-23(29)21-16(2)17(3)33-22(21)25-24(27)32-15-20(28)26(4)14-18-9-7-10-19(13-18)30-5/h7,9-10,13H,6,8,11-12,14-15H2,1-5H3. The molecule has 0 aliphatic heterocycles. The number of ether oxygens (including phenoxy) is 2. The van der Waals surface area contributed by atoms with Gasteiger partial charge in [-0.1, -0.05) is 23.9 Å². The van der Waals surface area contributed by atoms with E-state index < -0.39 is 0 Å². The minimum absolute atomic E-state index is 0.0310. The van der Waals surface area contributed by atoms with Crippen LogP contribution in [0, 0.1) is 13.8 Å². The van der Waals surface area contributed by atoms with Gasteiger partial charge in [-0.05, 0) is 50.5 Å². The third-order valence-corrected chi connectivity index (χ3v) is 7.50. The summed E-state index contributed by atoms with van der Waals surface area (Å²) in [5.74, 6) is 0.933. The lowest BCUT2D eigenvalue weighted by Crippen LogP contribution is -2.29. The van der Waals surface area contributed by atoms with Crippen LogP contribution in [-0.2, 0) is 22.6 Å². The number of hydrogen-bond acceptors (Lipinski definition) is 7. The average molecular weight is 490 g/mol. The summed E-state index contributed by atoms with van der Waals surface area (Å²) in [4.78, 5) is 34.4. The average Bonchev–Trinajstić information content (AvgIpc) is 3.09. The van der Waals surface area contributed by atoms with Crippen LogP contribution in [0.3, 0.4) is 0 Å². The Morgan fingerprint density at radius 2 is 2.09 bits per heavy atom. The highest BCUT2D eigenvalue weighted by Gasteiger charge is 2.18. The quantitative estimate of drug-likeness (QED) is 0.228. The van der Waals surface area contributed by atoms with E-state index in [9.17, 15) is 9.59 Å². The molecule has 178 valence electrons. The van der Waals surface area contributed by atoms with Crippen LogP contribution in [0.5, 0.6) is 5.75 Å². The van der Waals surface area contributed by atoms with Crippen molar-refractivity contribution >= 4 is 39.2 Å². The highest BCUT2D eigenvalue weighted by atomic mass is 32.2. The predicted octanol–water partition coefficient (Wildman–Crippen LogP) is 4.26. The van der Waals surface area contributed by atoms with Crippen LogP contribution in [-0.4, -0.2) is 53.5 Å². The molecule has 0 saturated carbocycles. The summed E-state index contributed by atoms with van der Waals surface area (Å²) in [6, 6.07) is 7.67. The molecule has 33 heavy (non-hydrogen) atoms. The van der Waals surface area contributed by atoms with Crippen LogP contribution in [0.4, 0.5) is 0 Å². The van der Waals surface area contributed by atoms with E-state index in [2.05, 4.69) is 0 Å². The van der Waals surface area contributed by atoms with Crippen LogP contribution in [0.25, 0.3) is 10.2 Å². The molecule has 0 aliphatic rings. The summed E-state index contributed by atoms with van der Waals surface area (Å²) in [7, 11) is 3.40. The van der Waals surface area contributed by atoms with E-state index in [4.69, 9.17) is 14.5 Å². The lowest BCUT2D eigenvalue weighted by molar-refractivity contribution is -0.127. The third kappa shape index (κ3) is 6.16. The number of thioether (sulfide) groups is 1. The first kappa shape index (κ1) is 25.3. The van der Waals surface area contributed by atoms with Crippen molar-refractivity contribution in [2.75, 3.05) is 33.1 Å². The Kier molecular flexibility index (Phi) is 8.94. The fraction of sp³-hybridized carbons (Fsp3) is 0.458. The van der Waals surface area contributed by atoms with Crippen LogP contribution in [0.15, 0.2) is 34.2 Å². The molecule has 1 amide bonds. The summed E-state index contributed by atoms with van der Waals surface area (Å²) in [5.41, 5.74) is 1.93. The first-order valence-electron chi connectivity index (χ1n) is 10.9. The second kappa shape index (κ2) is 11.7. The molecule has 2 heterocycles. The van der Waals surface area contributed by atoms with Gasteiger partial charge in [0.25, 0.3) is 5.56 Å². The molecule has 7 nitrogen and oxygen atoms in total. The van der Waals surface area contributed by atoms with E-state index in [-0.39, 0.29) is 17.2 Å². The highest BCUT2D eigenvalue weighted by Crippen LogP contribution is 2.28. The maximum Gasteiger partial charge on any atom is 0.263 e. The molecule has 2 aromatic heterocycles. The maximum absolute atomic E-state index is 13.3. The van der Waals surface area contributed by atoms with Crippen molar-refractivity contribution in [2.24, 2.45) is 0 Å². The number of methoxy groups -OCH3 is 1. The molecular weight excluding hydrogens is 458 g/mol. The topological polar surface area (TPSA) is 73.7 Å². The van der Waals surface area contributed by atoms with Gasteiger partial charge in [0.05, 0.1) is 18.2 Å². The molecule has 0 radical (unpaired) electrons. The zero-order valence-electron chi connectivity index (χ0n) is 19.8. The van der Waals surface area contributed by atoms with Gasteiger partial charge in [0.1, 0.15) is 10.6 Å². The zero-order chi connectivity index (χ0) is 24.0. The first-order valence-corrected chi connectivity index (χ1v) is 12.7. The van der Waals surface area contributed by atoms with Crippen LogP contribution >= 0.6 is 23.1 Å². The van der Waals surface area contributed by atoms with Gasteiger partial charge in [-0.3, -0.25) is 14.2 Å². The Bertz CT molecular complexity index is 1170. The number of fused-ring (bicyclic) bond motifs is 1. The summed E-state index contributed by atoms with van der Waals surface area (Å²) < 4.78 is 12.4. The van der Waals surface area contributed by atoms with Crippen molar-refractivity contribution in [2.45, 2.75) is 45.4 Å². The van der Waals surface area contributed by atoms with Crippen LogP contribution in [0.1, 0.15) is 29.3 Å². The maximum atomic E-state index is 13.3. The molecule has 1 aromatic carbocycles. The zero-order valence-corrected chi connectivity index (χ0v) is 21.5. The van der Waals surface area contributed by atoms with Gasteiger partial charge < -0.3 is 14.4 Å². The number of aromatic nitrogens is 2. The number of hydrogen-bond donors (Lipinski definition) is 0. The third-order valence-electron chi connectivity index (χ3n) is 5.43. The predicted molar refractivity (Wildman–Crippen MR) is 135 cm³/mol. The van der Waals surface area contributed by atoms with E-state index in [0.717, 1.165) is 26.6 Å². The largest absolute Gasteiger partial charge is 0.497 e. The Morgan fingerprint density at radius 1 is 1.30 bits per heavy atom. The van der Waals surface area contributed by atoms with Crippen molar-refractivity contribution in [3.05, 3.63) is 50.6 Å². The van der Waals surface area contributed by atoms with E-state index >= 15 is 0 Å². The molecule has 0 fully saturated rings. The normalized spacial score (nSPS) is 11.2. The minimum atomic E-state index is -0.0435. The lowest BCUT2D eigenvalue weighted by Gasteiger charge is -2.18. The van der Waals surface area contributed by atoms with Gasteiger partial charge in [0.15, 0.2) is 5.16 Å². The van der Waals surface area contributed by atoms with E-state index in [1.54, 1.807) is 23.6 Å². The minimum Gasteiger partial charge on any atom is -0.497 e. The molecule has 0 bridgehead atoms. The first-order chi connectivity index (χ1) is 15.8. The molecule has 0 atom stereocenters. The van der Waals surface area contributed by atoms with E-state index in [1.165, 1.54) is 23.1 Å². The van der Waals surface area contributed by atoms with Crippen LogP contribution in [0.2, 0.25) is 0 Å². The summed E-state index contributed by atoms with van der Waals surface area (Å²) >= 11 is 2.84. The van der Waals surface area contributed by atoms with Crippen molar-refractivity contribution in [3.8, 4) is 5.75 Å². The lowest BCUT2D eigenvalue weighted by atomic mass is 10.2. The second-order valence-corrected chi connectivity index (χ2v) is 9.90. The number of rotatable bonds is 11. The fourth-order valence-corrected chi connectivity index (χ4v) is 5.49. The molecule has 9 heteroatoms. The van der Waals surface area contributed by atoms with Crippen molar-refractivity contribution < 1.29 is 14.3 Å². The molecular formula is C24H31N3O4S2. The van der Waals surface area contributed by atoms with Gasteiger partial charge in [-0.2, -0.15) is 0 Å². The molecule has 0 saturated heterocycles. The SMILES string of the molecule is CCOCCCn1c(SCC(=O)N(C)Cc2cccc(OC)c2)nc2sc(C)c(C)c2c1=O. The second-order valence-electron chi connectivity index (χ2n) is 7.76. The van der Waals surface area contributed by atoms with E-state index in [1.807, 2.05) is 45.0 Å². The molecule has 0 unspecified atom stereocenters. The van der Waals surface area contributed by atoms with Crippen molar-refractivity contribution in [1.29, 1.82) is 0 Å². The van der Waals surface area contributed by atoms with Crippen molar-refractivity contribution in [3.63, 3.8) is 0 Å². The summed E-state index contributed by atoms with van der Waals surface area (Å²) in [5, 5.41) is 1.26. The number of carbonyl (C=O) groups is 1. The van der Waals surface area contributed by atoms with Gasteiger partial charge in [-0.15, -0.1) is 11.3 Å². The molecule has 0 aliphatic carbocycles. The Hall–Kier alpha value is -2.36. The molecule has 0 spiro atoms. The monoisotopic (exact) mass is 489 g/mol. The number of nitrogens with zero attached hydrogens (tertiary/aromatic N) is 3. The summed E-state index contributed by atoms with van der Waals surface area (Å²) in [6.45, 7) is 8.13. The van der Waals surface area contributed by atoms with Crippen molar-refractivity contribution in [1.82, 2.24) is 14.5 Å². The Labute approximate surface area is 202 Å². The smallest absolute Gasteiger partial charge is 0.263 e. The number of thiophene rings is 1. The Balaban J connectivity index is 1.77. The number of benzene rings is 1. The molecule has 0 N–H and O–H groups in total. The van der Waals surface area contributed by atoms with Gasteiger partial charge in [0.2, 0.25) is 5.91 Å². The van der Waals surface area contributed by atoms with Gasteiger partial charge in [-0.25, -0.2) is 4.98 Å². The fourth-order valence-electron chi connectivity index (χ4n) is 3.45. The van der Waals surface area contributed by atoms with Gasteiger partial charge >= 0.3 is 0 Å². The summed E-state index contributed by atoms with van der Waals surface area (Å²) in [6.07, 6.45) is 0.709.